The van der Waals surface area contributed by atoms with E-state index < -0.39 is 6.10 Å². The zero-order chi connectivity index (χ0) is 36.0. The Bertz CT molecular complexity index is 2120. The van der Waals surface area contributed by atoms with E-state index in [9.17, 15) is 9.59 Å². The van der Waals surface area contributed by atoms with Crippen LogP contribution in [0.4, 0.5) is 0 Å². The second-order valence-corrected chi connectivity index (χ2v) is 19.0. The van der Waals surface area contributed by atoms with Crippen LogP contribution in [0.25, 0.3) is 16.7 Å². The maximum Gasteiger partial charge on any atom is 0.339 e. The maximum absolute atomic E-state index is 13.7. The van der Waals surface area contributed by atoms with Gasteiger partial charge in [0.25, 0.3) is 0 Å². The summed E-state index contributed by atoms with van der Waals surface area (Å²) in [6.45, 7) is 4.05. The number of hydrogen-bond acceptors (Lipinski definition) is 11. The van der Waals surface area contributed by atoms with Gasteiger partial charge in [-0.1, -0.05) is 127 Å². The fourth-order valence-corrected chi connectivity index (χ4v) is 12.0. The van der Waals surface area contributed by atoms with Gasteiger partial charge in [0.2, 0.25) is 0 Å². The lowest BCUT2D eigenvalue weighted by atomic mass is 9.84. The van der Waals surface area contributed by atoms with Gasteiger partial charge in [0.05, 0.1) is 5.56 Å². The van der Waals surface area contributed by atoms with Gasteiger partial charge in [0, 0.05) is 33.5 Å². The minimum atomic E-state index is -0.519. The Labute approximate surface area is 330 Å². The average molecular weight is 802 g/mol. The molecule has 0 spiro atoms. The molecular weight excluding hydrogens is 763 g/mol. The summed E-state index contributed by atoms with van der Waals surface area (Å²) in [5.41, 5.74) is 6.24. The van der Waals surface area contributed by atoms with E-state index in [1.165, 1.54) is 6.42 Å². The van der Waals surface area contributed by atoms with Gasteiger partial charge in [0.1, 0.15) is 19.5 Å². The van der Waals surface area contributed by atoms with Crippen LogP contribution in [0, 0.1) is 19.5 Å². The van der Waals surface area contributed by atoms with Crippen molar-refractivity contribution >= 4 is 83.3 Å². The van der Waals surface area contributed by atoms with Crippen LogP contribution in [0.2, 0.25) is 0 Å². The molecule has 3 heterocycles. The SMILES string of the molecule is CC(C(OC(=O)c1ccc(-c2cssc2=S)cc1)c1ccc(OC(=O)C2=CC=C(c3cssc3=S)CC2)cc1)N1CCC(CC2C=CC=CC2)CC1. The minimum absolute atomic E-state index is 0.0572. The topological polar surface area (TPSA) is 55.8 Å². The third kappa shape index (κ3) is 8.95. The summed E-state index contributed by atoms with van der Waals surface area (Å²) in [4.78, 5) is 29.3. The smallest absolute Gasteiger partial charge is 0.339 e. The molecule has 2 aliphatic carbocycles. The predicted octanol–water partition coefficient (Wildman–Crippen LogP) is 12.3. The molecule has 7 rings (SSSR count). The Balaban J connectivity index is 1.05. The van der Waals surface area contributed by atoms with Crippen molar-refractivity contribution in [3.05, 3.63) is 126 Å². The standard InChI is InChI=1S/C41H39NO4S6/c1-26(42-21-19-28(20-22-42)23-27-5-3-2-4-6-27)37(46-39(44)33-13-9-30(10-14-33)36-25-50-52-41(36)48)31-15-17-34(18-16-31)45-38(43)32-11-7-29(8-12-32)35-24-49-51-40(35)47/h2-5,7,9-11,13-18,24-28,37H,6,8,12,19-23H2,1H3. The van der Waals surface area contributed by atoms with Gasteiger partial charge in [-0.05, 0) is 111 Å². The molecule has 0 N–H and O–H groups in total. The predicted molar refractivity (Wildman–Crippen MR) is 222 cm³/mol. The molecule has 0 radical (unpaired) electrons. The first-order chi connectivity index (χ1) is 25.3. The first kappa shape index (κ1) is 37.2. The molecule has 4 aromatic rings. The summed E-state index contributed by atoms with van der Waals surface area (Å²) in [6, 6.07) is 14.8. The molecule has 1 saturated heterocycles. The Hall–Kier alpha value is -3.16. The van der Waals surface area contributed by atoms with Crippen LogP contribution in [0.1, 0.15) is 73.0 Å². The molecule has 5 nitrogen and oxygen atoms in total. The fourth-order valence-electron chi connectivity index (χ4n) is 7.18. The van der Waals surface area contributed by atoms with Gasteiger partial charge in [-0.3, -0.25) is 4.90 Å². The fraction of sp³-hybridized carbons (Fsp3) is 0.317. The van der Waals surface area contributed by atoms with Gasteiger partial charge in [-0.2, -0.15) is 0 Å². The van der Waals surface area contributed by atoms with E-state index in [0.29, 0.717) is 35.1 Å². The Morgan fingerprint density at radius 3 is 2.19 bits per heavy atom. The molecule has 3 atom stereocenters. The van der Waals surface area contributed by atoms with E-state index in [0.717, 1.165) is 74.2 Å². The molecule has 0 bridgehead atoms. The number of carbonyl (C=O) groups excluding carboxylic acids is 2. The lowest BCUT2D eigenvalue weighted by Crippen LogP contribution is -2.44. The highest BCUT2D eigenvalue weighted by Crippen LogP contribution is 2.35. The molecule has 1 fully saturated rings. The largest absolute Gasteiger partial charge is 0.452 e. The van der Waals surface area contributed by atoms with Crippen LogP contribution in [-0.4, -0.2) is 36.0 Å². The zero-order valence-corrected chi connectivity index (χ0v) is 33.6. The van der Waals surface area contributed by atoms with Crippen molar-refractivity contribution in [3.63, 3.8) is 0 Å². The highest BCUT2D eigenvalue weighted by atomic mass is 32.9. The molecule has 2 aromatic heterocycles. The molecule has 3 unspecified atom stereocenters. The normalized spacial score (nSPS) is 19.1. The summed E-state index contributed by atoms with van der Waals surface area (Å²) >= 11 is 10.9. The molecule has 52 heavy (non-hydrogen) atoms. The molecule has 268 valence electrons. The molecule has 2 aromatic carbocycles. The van der Waals surface area contributed by atoms with Crippen molar-refractivity contribution < 1.29 is 19.1 Å². The van der Waals surface area contributed by atoms with Crippen molar-refractivity contribution in [2.24, 2.45) is 11.8 Å². The van der Waals surface area contributed by atoms with Crippen LogP contribution >= 0.6 is 65.8 Å². The number of piperidine rings is 1. The number of ether oxygens (including phenoxy) is 2. The number of carbonyl (C=O) groups is 2. The molecule has 0 saturated carbocycles. The van der Waals surface area contributed by atoms with E-state index in [-0.39, 0.29) is 18.0 Å². The number of esters is 2. The molecule has 3 aliphatic rings. The molecule has 11 heteroatoms. The Kier molecular flexibility index (Phi) is 12.4. The highest BCUT2D eigenvalue weighted by molar-refractivity contribution is 7.80. The van der Waals surface area contributed by atoms with E-state index in [4.69, 9.17) is 33.9 Å². The van der Waals surface area contributed by atoms with Crippen LogP contribution in [0.3, 0.4) is 0 Å². The second-order valence-electron chi connectivity index (χ2n) is 13.5. The molecule has 0 amide bonds. The number of nitrogens with zero attached hydrogens (tertiary/aromatic N) is 1. The summed E-state index contributed by atoms with van der Waals surface area (Å²) in [7, 11) is 6.42. The van der Waals surface area contributed by atoms with Gasteiger partial charge in [-0.25, -0.2) is 9.59 Å². The van der Waals surface area contributed by atoms with Crippen molar-refractivity contribution in [1.29, 1.82) is 0 Å². The first-order valence-corrected chi connectivity index (χ1v) is 22.8. The van der Waals surface area contributed by atoms with Crippen LogP contribution < -0.4 is 4.74 Å². The van der Waals surface area contributed by atoms with Crippen molar-refractivity contribution in [3.8, 4) is 16.9 Å². The molecule has 1 aliphatic heterocycles. The Morgan fingerprint density at radius 2 is 1.58 bits per heavy atom. The number of hydrogen-bond donors (Lipinski definition) is 0. The summed E-state index contributed by atoms with van der Waals surface area (Å²) in [6.07, 6.45) is 18.2. The second kappa shape index (κ2) is 17.3. The van der Waals surface area contributed by atoms with Gasteiger partial charge >= 0.3 is 11.9 Å². The van der Waals surface area contributed by atoms with E-state index >= 15 is 0 Å². The third-order valence-electron chi connectivity index (χ3n) is 10.2. The third-order valence-corrected chi connectivity index (χ3v) is 15.6. The van der Waals surface area contributed by atoms with Crippen molar-refractivity contribution in [2.75, 3.05) is 13.1 Å². The lowest BCUT2D eigenvalue weighted by Gasteiger charge is -2.39. The van der Waals surface area contributed by atoms with Crippen molar-refractivity contribution in [1.82, 2.24) is 4.90 Å². The minimum Gasteiger partial charge on any atom is -0.452 e. The van der Waals surface area contributed by atoms with E-state index in [2.05, 4.69) is 41.5 Å². The van der Waals surface area contributed by atoms with E-state index in [1.807, 2.05) is 53.9 Å². The number of allylic oxidation sites excluding steroid dienone is 7. The van der Waals surface area contributed by atoms with Gasteiger partial charge < -0.3 is 9.47 Å². The van der Waals surface area contributed by atoms with Crippen LogP contribution in [0.15, 0.2) is 101 Å². The summed E-state index contributed by atoms with van der Waals surface area (Å²) < 4.78 is 13.9. The zero-order valence-electron chi connectivity index (χ0n) is 28.7. The quantitative estimate of drug-likeness (QED) is 0.0648. The molecular formula is C41H39NO4S6. The maximum atomic E-state index is 13.7. The van der Waals surface area contributed by atoms with Crippen molar-refractivity contribution in [2.45, 2.75) is 57.6 Å². The van der Waals surface area contributed by atoms with Crippen LogP contribution in [-0.2, 0) is 9.53 Å². The number of benzene rings is 2. The monoisotopic (exact) mass is 801 g/mol. The highest BCUT2D eigenvalue weighted by Gasteiger charge is 2.32. The summed E-state index contributed by atoms with van der Waals surface area (Å²) in [5, 5.41) is 4.13. The summed E-state index contributed by atoms with van der Waals surface area (Å²) in [5.74, 6) is 1.03. The number of likely N-dealkylation sites (tertiary alicyclic amines) is 1. The van der Waals surface area contributed by atoms with Gasteiger partial charge in [0.15, 0.2) is 0 Å². The Morgan fingerprint density at radius 1 is 0.865 bits per heavy atom. The first-order valence-electron chi connectivity index (χ1n) is 17.6. The van der Waals surface area contributed by atoms with Crippen LogP contribution in [0.5, 0.6) is 5.75 Å². The average Bonchev–Trinajstić information content (AvgIpc) is 3.82. The van der Waals surface area contributed by atoms with E-state index in [1.54, 1.807) is 53.5 Å². The lowest BCUT2D eigenvalue weighted by molar-refractivity contribution is -0.130. The van der Waals surface area contributed by atoms with Gasteiger partial charge in [-0.15, -0.1) is 0 Å². The number of rotatable bonds is 11.